The first kappa shape index (κ1) is 43.1. The number of likely N-dealkylation sites (N-methyl/N-ethyl adjacent to an activating group) is 1. The number of aromatic nitrogens is 4. The molecule has 2 fully saturated rings. The average molecular weight is 866 g/mol. The molecule has 61 heavy (non-hydrogen) atoms. The maximum absolute atomic E-state index is 14.5. The van der Waals surface area contributed by atoms with Gasteiger partial charge in [0.15, 0.2) is 23.6 Å². The van der Waals surface area contributed by atoms with Crippen molar-refractivity contribution in [2.45, 2.75) is 39.1 Å². The van der Waals surface area contributed by atoms with E-state index in [1.54, 1.807) is 4.57 Å². The SMILES string of the molecule is CCc1c(N2CCN(C(=O)/C(N=C3COCCN3C)=C(/C=O)OCc3ccccc3)CC2)c(=O)n2nc(C3=CCOCC3)nc2n1CC(=O)Nc1ccc(C(F)(F)F)cc1Cl. The van der Waals surface area contributed by atoms with Crippen LogP contribution in [-0.4, -0.2) is 119 Å². The molecule has 0 radical (unpaired) electrons. The van der Waals surface area contributed by atoms with Gasteiger partial charge in [0.25, 0.3) is 11.5 Å². The smallest absolute Gasteiger partial charge is 0.416 e. The van der Waals surface area contributed by atoms with Gasteiger partial charge in [-0.1, -0.05) is 54.9 Å². The van der Waals surface area contributed by atoms with Crippen LogP contribution in [0, 0.1) is 0 Å². The summed E-state index contributed by atoms with van der Waals surface area (Å²) in [7, 11) is 1.81. The van der Waals surface area contributed by atoms with Crippen molar-refractivity contribution in [1.29, 1.82) is 0 Å². The van der Waals surface area contributed by atoms with Crippen LogP contribution in [0.3, 0.4) is 0 Å². The first-order valence-electron chi connectivity index (χ1n) is 19.6. The van der Waals surface area contributed by atoms with E-state index in [9.17, 15) is 32.3 Å². The van der Waals surface area contributed by atoms with Gasteiger partial charge in [-0.3, -0.25) is 19.2 Å². The summed E-state index contributed by atoms with van der Waals surface area (Å²) in [6, 6.07) is 11.8. The van der Waals surface area contributed by atoms with Gasteiger partial charge in [-0.2, -0.15) is 22.7 Å². The van der Waals surface area contributed by atoms with Crippen molar-refractivity contribution in [3.8, 4) is 0 Å². The van der Waals surface area contributed by atoms with Gasteiger partial charge in [0.1, 0.15) is 31.3 Å². The van der Waals surface area contributed by atoms with Crippen LogP contribution in [0.15, 0.2) is 75.9 Å². The molecule has 1 N–H and O–H groups in total. The van der Waals surface area contributed by atoms with Gasteiger partial charge in [0, 0.05) is 39.8 Å². The zero-order valence-corrected chi connectivity index (χ0v) is 34.2. The lowest BCUT2D eigenvalue weighted by atomic mass is 10.1. The van der Waals surface area contributed by atoms with Gasteiger partial charge < -0.3 is 38.8 Å². The predicted molar refractivity (Wildman–Crippen MR) is 219 cm³/mol. The average Bonchev–Trinajstić information content (AvgIpc) is 3.72. The van der Waals surface area contributed by atoms with E-state index in [0.29, 0.717) is 50.6 Å². The number of ether oxygens (including phenoxy) is 3. The second-order valence-corrected chi connectivity index (χ2v) is 14.8. The summed E-state index contributed by atoms with van der Waals surface area (Å²) in [4.78, 5) is 69.4. The van der Waals surface area contributed by atoms with Crippen molar-refractivity contribution in [3.05, 3.63) is 104 Å². The van der Waals surface area contributed by atoms with E-state index in [0.717, 1.165) is 33.9 Å². The number of aliphatic imine (C=N–C) groups is 1. The van der Waals surface area contributed by atoms with Crippen LogP contribution in [0.2, 0.25) is 5.02 Å². The second-order valence-electron chi connectivity index (χ2n) is 14.4. The number of hydrogen-bond acceptors (Lipinski definition) is 11. The predicted octanol–water partition coefficient (Wildman–Crippen LogP) is 4.20. The highest BCUT2D eigenvalue weighted by Gasteiger charge is 2.33. The minimum absolute atomic E-state index is 0.0235. The molecule has 2 amide bonds. The molecule has 2 aromatic heterocycles. The fraction of sp³-hybridized carbons (Fsp3) is 0.390. The Hall–Kier alpha value is -6.05. The molecule has 0 bridgehead atoms. The molecule has 0 unspecified atom stereocenters. The molecule has 4 aromatic rings. The van der Waals surface area contributed by atoms with Gasteiger partial charge in [-0.05, 0) is 42.2 Å². The van der Waals surface area contributed by atoms with Crippen molar-refractivity contribution < 1.29 is 41.8 Å². The first-order valence-corrected chi connectivity index (χ1v) is 20.0. The highest BCUT2D eigenvalue weighted by Crippen LogP contribution is 2.34. The molecule has 3 aliphatic rings. The number of anilines is 2. The van der Waals surface area contributed by atoms with Crippen LogP contribution in [-0.2, 0) is 54.3 Å². The minimum Gasteiger partial charge on any atom is -0.483 e. The van der Waals surface area contributed by atoms with E-state index < -0.39 is 35.7 Å². The minimum atomic E-state index is -4.63. The van der Waals surface area contributed by atoms with Crippen LogP contribution < -0.4 is 15.8 Å². The molecule has 5 heterocycles. The quantitative estimate of drug-likeness (QED) is 0.123. The lowest BCUT2D eigenvalue weighted by Gasteiger charge is -2.37. The Labute approximate surface area is 352 Å². The maximum Gasteiger partial charge on any atom is 0.416 e. The summed E-state index contributed by atoms with van der Waals surface area (Å²) >= 11 is 6.17. The second kappa shape index (κ2) is 18.7. The Bertz CT molecular complexity index is 2460. The number of benzene rings is 2. The maximum atomic E-state index is 14.5. The number of aldehydes is 1. The third-order valence-electron chi connectivity index (χ3n) is 10.4. The molecular formula is C41H43ClF3N9O7. The number of nitrogens with zero attached hydrogens (tertiary/aromatic N) is 8. The summed E-state index contributed by atoms with van der Waals surface area (Å²) in [6.45, 7) is 3.92. The van der Waals surface area contributed by atoms with E-state index in [-0.39, 0.29) is 85.3 Å². The largest absolute Gasteiger partial charge is 0.483 e. The normalized spacial score (nSPS) is 17.3. The number of carbonyl (C=O) groups excluding carboxylic acids is 3. The lowest BCUT2D eigenvalue weighted by Crippen LogP contribution is -2.51. The zero-order chi connectivity index (χ0) is 43.3. The van der Waals surface area contributed by atoms with Crippen LogP contribution in [0.1, 0.15) is 36.0 Å². The number of morpholine rings is 1. The van der Waals surface area contributed by atoms with Gasteiger partial charge >= 0.3 is 6.18 Å². The summed E-state index contributed by atoms with van der Waals surface area (Å²) in [5.41, 5.74) is 0.541. The number of alkyl halides is 3. The van der Waals surface area contributed by atoms with Crippen molar-refractivity contribution in [2.75, 3.05) is 76.4 Å². The molecule has 3 aliphatic heterocycles. The number of amides is 2. The van der Waals surface area contributed by atoms with Gasteiger partial charge in [0.05, 0.1) is 41.8 Å². The highest BCUT2D eigenvalue weighted by atomic mass is 35.5. The summed E-state index contributed by atoms with van der Waals surface area (Å²) in [5, 5.41) is 6.86. The zero-order valence-electron chi connectivity index (χ0n) is 33.4. The third kappa shape index (κ3) is 9.63. The van der Waals surface area contributed by atoms with Crippen molar-refractivity contribution in [3.63, 3.8) is 0 Å². The number of fused-ring (bicyclic) bond motifs is 1. The van der Waals surface area contributed by atoms with E-state index in [1.807, 2.05) is 60.2 Å². The number of piperazine rings is 1. The van der Waals surface area contributed by atoms with Crippen LogP contribution in [0.4, 0.5) is 24.5 Å². The van der Waals surface area contributed by atoms with Crippen LogP contribution >= 0.6 is 11.6 Å². The number of rotatable bonds is 12. The molecule has 0 atom stereocenters. The number of halogens is 4. The summed E-state index contributed by atoms with van der Waals surface area (Å²) in [6.07, 6.45) is -1.59. The fourth-order valence-corrected chi connectivity index (χ4v) is 7.39. The Morgan fingerprint density at radius 3 is 2.48 bits per heavy atom. The highest BCUT2D eigenvalue weighted by molar-refractivity contribution is 6.33. The van der Waals surface area contributed by atoms with E-state index in [2.05, 4.69) is 15.4 Å². The monoisotopic (exact) mass is 865 g/mol. The Kier molecular flexibility index (Phi) is 13.2. The van der Waals surface area contributed by atoms with Crippen LogP contribution in [0.25, 0.3) is 11.4 Å². The Morgan fingerprint density at radius 2 is 1.82 bits per heavy atom. The number of hydrogen-bond donors (Lipinski definition) is 1. The lowest BCUT2D eigenvalue weighted by molar-refractivity contribution is -0.137. The van der Waals surface area contributed by atoms with Gasteiger partial charge in [0.2, 0.25) is 11.7 Å². The van der Waals surface area contributed by atoms with Crippen molar-refractivity contribution in [2.24, 2.45) is 4.99 Å². The number of allylic oxidation sites excluding steroid dienone is 1. The molecule has 2 aromatic carbocycles. The van der Waals surface area contributed by atoms with Gasteiger partial charge in [-0.15, -0.1) is 5.10 Å². The first-order chi connectivity index (χ1) is 29.4. The van der Waals surface area contributed by atoms with Crippen molar-refractivity contribution in [1.82, 2.24) is 29.0 Å². The van der Waals surface area contributed by atoms with Crippen molar-refractivity contribution >= 4 is 58.3 Å². The molecule has 322 valence electrons. The fourth-order valence-electron chi connectivity index (χ4n) is 7.16. The standard InChI is InChI=1S/C41H43ClF3N9O7/c1-3-31-36(51-13-15-52(16-14-51)38(57)35(47-33-25-60-20-17-50(33)2)32(23-55)61-24-26-7-5-4-6-8-26)39(58)54-40(48-37(49-54)27-11-18-59-19-12-27)53(31)22-34(56)46-30-10-9-28(21-29(30)42)41(43,44)45/h4-11,21,23H,3,12-20,22,24-25H2,1-2H3,(H,46,56)/b35-32+,47-33?. The number of carbonyl (C=O) groups is 3. The summed E-state index contributed by atoms with van der Waals surface area (Å²) in [5.74, 6) is -0.613. The van der Waals surface area contributed by atoms with E-state index in [1.165, 1.54) is 4.90 Å². The number of amidine groups is 1. The molecule has 0 spiro atoms. The molecular weight excluding hydrogens is 823 g/mol. The Balaban J connectivity index is 1.20. The molecule has 0 saturated carbocycles. The van der Waals surface area contributed by atoms with E-state index >= 15 is 0 Å². The third-order valence-corrected chi connectivity index (χ3v) is 10.7. The van der Waals surface area contributed by atoms with Crippen LogP contribution in [0.5, 0.6) is 0 Å². The molecule has 20 heteroatoms. The Morgan fingerprint density at radius 1 is 1.05 bits per heavy atom. The van der Waals surface area contributed by atoms with Gasteiger partial charge in [-0.25, -0.2) is 4.99 Å². The molecule has 0 aliphatic carbocycles. The topological polar surface area (TPSA) is 165 Å². The molecule has 16 nitrogen and oxygen atoms in total. The summed E-state index contributed by atoms with van der Waals surface area (Å²) < 4.78 is 59.6. The number of nitrogens with one attached hydrogen (secondary N) is 1. The van der Waals surface area contributed by atoms with E-state index in [4.69, 9.17) is 30.8 Å². The molecule has 2 saturated heterocycles. The molecule has 7 rings (SSSR count).